The molecule has 2 atom stereocenters. The molecular weight excluding hydrogens is 773 g/mol. The van der Waals surface area contributed by atoms with Gasteiger partial charge in [0.15, 0.2) is 11.6 Å². The molecule has 2 saturated carbocycles. The van der Waals surface area contributed by atoms with Crippen LogP contribution in [-0.2, 0) is 16.1 Å². The lowest BCUT2D eigenvalue weighted by Gasteiger charge is -2.39. The molecular formula is C34H42BrCl2N13O2. The van der Waals surface area contributed by atoms with Gasteiger partial charge in [-0.3, -0.25) is 19.4 Å². The van der Waals surface area contributed by atoms with Crippen molar-refractivity contribution in [2.75, 3.05) is 39.0 Å². The summed E-state index contributed by atoms with van der Waals surface area (Å²) >= 11 is 15.3. The number of likely N-dealkylation sites (N-methyl/N-ethyl adjacent to an activating group) is 2. The summed E-state index contributed by atoms with van der Waals surface area (Å²) in [6.45, 7) is 6.30. The van der Waals surface area contributed by atoms with Crippen LogP contribution in [0.25, 0.3) is 0 Å². The molecule has 2 amide bonds. The van der Waals surface area contributed by atoms with Crippen molar-refractivity contribution >= 4 is 85.3 Å². The standard InChI is InChI=1S/C16H19ClN6O.C12H13ClN6O.C4H7Br.C2H3N/c1-3-12-15(24)21(2)13-7-18-16(17)20-14(13)23(12)11-6-19-22(9-11)8-10-4-5-10;1-3-8-11(20)18(2)9-6-14-12(13)17-10(9)19(8)7-4-15-16-5-7;5-3-4-1-2-4;1-2-3/h6-7,9-10,12H,3-5,8H2,1-2H3;4-6,8H,3H2,1-2H3,(H,15,16);4H,1-3H2;1H3. The molecule has 0 spiro atoms. The van der Waals surface area contributed by atoms with Gasteiger partial charge in [-0.1, -0.05) is 29.8 Å². The minimum absolute atomic E-state index is 0.00729. The number of aromatic nitrogens is 8. The van der Waals surface area contributed by atoms with Crippen LogP contribution in [-0.4, -0.2) is 83.2 Å². The summed E-state index contributed by atoms with van der Waals surface area (Å²) in [4.78, 5) is 48.8. The first kappa shape index (κ1) is 38.9. The van der Waals surface area contributed by atoms with Crippen molar-refractivity contribution in [1.29, 1.82) is 5.26 Å². The number of nitrogens with zero attached hydrogens (tertiary/aromatic N) is 12. The van der Waals surface area contributed by atoms with Gasteiger partial charge in [0.25, 0.3) is 0 Å². The molecule has 0 bridgehead atoms. The predicted molar refractivity (Wildman–Crippen MR) is 205 cm³/mol. The number of anilines is 6. The molecule has 4 aliphatic rings. The number of nitriles is 1. The van der Waals surface area contributed by atoms with Crippen molar-refractivity contribution < 1.29 is 9.59 Å². The Bertz CT molecular complexity index is 1880. The van der Waals surface area contributed by atoms with E-state index < -0.39 is 0 Å². The second-order valence-electron chi connectivity index (χ2n) is 12.7. The molecule has 0 aromatic carbocycles. The maximum Gasteiger partial charge on any atom is 0.250 e. The maximum absolute atomic E-state index is 12.8. The van der Waals surface area contributed by atoms with Crippen molar-refractivity contribution in [3.8, 4) is 6.07 Å². The molecule has 0 radical (unpaired) electrons. The molecule has 2 aliphatic heterocycles. The molecule has 1 N–H and O–H groups in total. The normalized spacial score (nSPS) is 18.9. The average molecular weight is 816 g/mol. The van der Waals surface area contributed by atoms with Crippen LogP contribution in [0, 0.1) is 23.2 Å². The number of aromatic amines is 1. The van der Waals surface area contributed by atoms with Gasteiger partial charge in [0.2, 0.25) is 22.4 Å². The summed E-state index contributed by atoms with van der Waals surface area (Å²) in [7, 11) is 3.46. The fourth-order valence-electron chi connectivity index (χ4n) is 5.83. The Labute approximate surface area is 321 Å². The largest absolute Gasteiger partial charge is 0.309 e. The van der Waals surface area contributed by atoms with Crippen LogP contribution in [0.5, 0.6) is 0 Å². The summed E-state index contributed by atoms with van der Waals surface area (Å²) in [6.07, 6.45) is 17.1. The van der Waals surface area contributed by atoms with Gasteiger partial charge in [-0.15, -0.1) is 0 Å². The van der Waals surface area contributed by atoms with Crippen molar-refractivity contribution in [3.05, 3.63) is 47.7 Å². The summed E-state index contributed by atoms with van der Waals surface area (Å²) in [6, 6.07) is 1.09. The number of amides is 2. The van der Waals surface area contributed by atoms with Crippen LogP contribution in [0.4, 0.5) is 34.4 Å². The second-order valence-corrected chi connectivity index (χ2v) is 14.0. The fourth-order valence-corrected chi connectivity index (χ4v) is 6.73. The van der Waals surface area contributed by atoms with Crippen LogP contribution in [0.2, 0.25) is 10.6 Å². The number of alkyl halides is 1. The molecule has 52 heavy (non-hydrogen) atoms. The molecule has 6 heterocycles. The van der Waals surface area contributed by atoms with E-state index in [0.717, 1.165) is 29.8 Å². The Morgan fingerprint density at radius 3 is 1.75 bits per heavy atom. The first-order valence-electron chi connectivity index (χ1n) is 17.1. The highest BCUT2D eigenvalue weighted by molar-refractivity contribution is 9.09. The second kappa shape index (κ2) is 17.5. The highest BCUT2D eigenvalue weighted by Gasteiger charge is 2.40. The molecule has 15 nitrogen and oxygen atoms in total. The van der Waals surface area contributed by atoms with Gasteiger partial charge in [-0.25, -0.2) is 9.97 Å². The SMILES string of the molecule is BrCC1CC1.CC#N.CCC1C(=O)N(C)c2cnc(Cl)nc2N1c1cn[nH]c1.CCC1C(=O)N(C)c2cnc(Cl)nc2N1c1cnn(CC2CC2)c1. The zero-order valence-corrected chi connectivity index (χ0v) is 32.8. The number of fused-ring (bicyclic) bond motifs is 2. The van der Waals surface area contributed by atoms with E-state index in [9.17, 15) is 9.59 Å². The highest BCUT2D eigenvalue weighted by Crippen LogP contribution is 2.41. The fraction of sp³-hybridized carbons (Fsp3) is 0.500. The third-order valence-corrected chi connectivity index (χ3v) is 10.2. The lowest BCUT2D eigenvalue weighted by atomic mass is 10.1. The molecule has 4 aromatic rings. The van der Waals surface area contributed by atoms with E-state index >= 15 is 0 Å². The minimum atomic E-state index is -0.337. The molecule has 8 rings (SSSR count). The van der Waals surface area contributed by atoms with Crippen LogP contribution >= 0.6 is 39.1 Å². The summed E-state index contributed by atoms with van der Waals surface area (Å²) in [5.41, 5.74) is 2.92. The van der Waals surface area contributed by atoms with E-state index in [1.165, 1.54) is 37.9 Å². The first-order valence-corrected chi connectivity index (χ1v) is 19.0. The molecule has 4 aromatic heterocycles. The molecule has 2 unspecified atom stereocenters. The summed E-state index contributed by atoms with van der Waals surface area (Å²) in [5.74, 6) is 3.06. The summed E-state index contributed by atoms with van der Waals surface area (Å²) < 4.78 is 1.95. The van der Waals surface area contributed by atoms with Gasteiger partial charge < -0.3 is 19.6 Å². The number of halogens is 3. The minimum Gasteiger partial charge on any atom is -0.309 e. The zero-order valence-electron chi connectivity index (χ0n) is 29.7. The van der Waals surface area contributed by atoms with E-state index in [1.54, 1.807) is 60.9 Å². The monoisotopic (exact) mass is 813 g/mol. The predicted octanol–water partition coefficient (Wildman–Crippen LogP) is 6.70. The van der Waals surface area contributed by atoms with E-state index in [4.69, 9.17) is 28.5 Å². The van der Waals surface area contributed by atoms with Crippen molar-refractivity contribution in [2.45, 2.75) is 77.9 Å². The number of nitrogens with one attached hydrogen (secondary N) is 1. The van der Waals surface area contributed by atoms with Gasteiger partial charge in [0.05, 0.1) is 42.2 Å². The lowest BCUT2D eigenvalue weighted by molar-refractivity contribution is -0.120. The van der Waals surface area contributed by atoms with Crippen LogP contribution in [0.15, 0.2) is 37.2 Å². The van der Waals surface area contributed by atoms with Gasteiger partial charge in [0, 0.05) is 45.3 Å². The zero-order chi connectivity index (χ0) is 37.5. The van der Waals surface area contributed by atoms with Crippen molar-refractivity contribution in [3.63, 3.8) is 0 Å². The molecule has 2 fully saturated rings. The van der Waals surface area contributed by atoms with E-state index in [2.05, 4.69) is 51.2 Å². The Hall–Kier alpha value is -4.33. The smallest absolute Gasteiger partial charge is 0.250 e. The topological polar surface area (TPSA) is 169 Å². The first-order chi connectivity index (χ1) is 25.1. The van der Waals surface area contributed by atoms with E-state index in [1.807, 2.05) is 34.5 Å². The van der Waals surface area contributed by atoms with Crippen LogP contribution < -0.4 is 19.6 Å². The number of hydrogen-bond donors (Lipinski definition) is 1. The van der Waals surface area contributed by atoms with Crippen molar-refractivity contribution in [2.24, 2.45) is 11.8 Å². The molecule has 18 heteroatoms. The lowest BCUT2D eigenvalue weighted by Crippen LogP contribution is -2.50. The average Bonchev–Trinajstić information content (AvgIpc) is 4.05. The number of carbonyl (C=O) groups is 2. The molecule has 276 valence electrons. The number of hydrogen-bond acceptors (Lipinski definition) is 11. The van der Waals surface area contributed by atoms with E-state index in [-0.39, 0.29) is 34.5 Å². The van der Waals surface area contributed by atoms with Gasteiger partial charge >= 0.3 is 0 Å². The number of carbonyl (C=O) groups excluding carboxylic acids is 2. The summed E-state index contributed by atoms with van der Waals surface area (Å²) in [5, 5.41) is 20.0. The van der Waals surface area contributed by atoms with Gasteiger partial charge in [-0.05, 0) is 73.6 Å². The Morgan fingerprint density at radius 1 is 0.846 bits per heavy atom. The number of rotatable bonds is 7. The third kappa shape index (κ3) is 8.82. The third-order valence-electron chi connectivity index (χ3n) is 8.97. The Morgan fingerprint density at radius 2 is 1.35 bits per heavy atom. The quantitative estimate of drug-likeness (QED) is 0.156. The molecule has 0 saturated heterocycles. The van der Waals surface area contributed by atoms with Crippen LogP contribution in [0.3, 0.4) is 0 Å². The Balaban J connectivity index is 0.000000168. The van der Waals surface area contributed by atoms with E-state index in [0.29, 0.717) is 35.9 Å². The van der Waals surface area contributed by atoms with Crippen molar-refractivity contribution in [1.82, 2.24) is 39.9 Å². The molecule has 2 aliphatic carbocycles. The Kier molecular flexibility index (Phi) is 13.1. The number of H-pyrrole nitrogens is 1. The van der Waals surface area contributed by atoms with Gasteiger partial charge in [-0.2, -0.15) is 25.4 Å². The maximum atomic E-state index is 12.8. The van der Waals surface area contributed by atoms with Gasteiger partial charge in [0.1, 0.15) is 23.5 Å². The highest BCUT2D eigenvalue weighted by atomic mass is 79.9. The van der Waals surface area contributed by atoms with Crippen LogP contribution in [0.1, 0.15) is 59.3 Å².